The lowest BCUT2D eigenvalue weighted by Gasteiger charge is -2.12. The van der Waals surface area contributed by atoms with E-state index in [1.54, 1.807) is 19.4 Å². The van der Waals surface area contributed by atoms with Crippen LogP contribution in [-0.2, 0) is 15.3 Å². The van der Waals surface area contributed by atoms with Gasteiger partial charge in [-0.05, 0) is 19.9 Å². The first-order valence-corrected chi connectivity index (χ1v) is 9.36. The van der Waals surface area contributed by atoms with Gasteiger partial charge in [0.2, 0.25) is 0 Å². The number of ether oxygens (including phenoxy) is 3. The summed E-state index contributed by atoms with van der Waals surface area (Å²) < 4.78 is 15.7. The minimum absolute atomic E-state index is 0.114. The van der Waals surface area contributed by atoms with Crippen molar-refractivity contribution in [3.8, 4) is 11.5 Å². The molecule has 0 unspecified atom stereocenters. The molecule has 0 fully saturated rings. The van der Waals surface area contributed by atoms with E-state index in [4.69, 9.17) is 14.2 Å². The Morgan fingerprint density at radius 2 is 1.89 bits per heavy atom. The van der Waals surface area contributed by atoms with Crippen LogP contribution in [0.25, 0.3) is 0 Å². The fourth-order valence-corrected chi connectivity index (χ4v) is 3.05. The second-order valence-corrected chi connectivity index (χ2v) is 6.62. The molecule has 0 saturated carbocycles. The number of thioether (sulfide) groups is 1. The summed E-state index contributed by atoms with van der Waals surface area (Å²) in [6.07, 6.45) is 1.58. The van der Waals surface area contributed by atoms with Crippen LogP contribution in [-0.4, -0.2) is 54.8 Å². The molecule has 8 nitrogen and oxygen atoms in total. The number of hydrogen-bond donors (Lipinski definition) is 1. The Bertz CT molecular complexity index is 753. The Kier molecular flexibility index (Phi) is 8.28. The zero-order valence-corrected chi connectivity index (χ0v) is 16.8. The average molecular weight is 392 g/mol. The molecule has 0 saturated heterocycles. The van der Waals surface area contributed by atoms with Crippen LogP contribution in [0.15, 0.2) is 23.5 Å². The van der Waals surface area contributed by atoms with Crippen molar-refractivity contribution >= 4 is 17.7 Å². The van der Waals surface area contributed by atoms with E-state index in [-0.39, 0.29) is 12.5 Å². The summed E-state index contributed by atoms with van der Waals surface area (Å²) in [4.78, 5) is 25.0. The van der Waals surface area contributed by atoms with Crippen molar-refractivity contribution in [2.75, 3.05) is 34.0 Å². The summed E-state index contributed by atoms with van der Waals surface area (Å²) in [5, 5.41) is 3.40. The Morgan fingerprint density at radius 1 is 1.15 bits per heavy atom. The number of nitrogens with zero attached hydrogens (tertiary/aromatic N) is 3. The Balaban J connectivity index is 1.98. The standard InChI is InChI=1S/C18H24N4O4S/c1-12-7-13(2)22-18(21-12)27-11-14-8-15(16(25-4)9-20-14)26-10-17(23)19-5-6-24-3/h7-9H,5-6,10-11H2,1-4H3,(H,19,23). The molecule has 0 bridgehead atoms. The summed E-state index contributed by atoms with van der Waals surface area (Å²) in [6, 6.07) is 3.69. The lowest BCUT2D eigenvalue weighted by Crippen LogP contribution is -2.31. The van der Waals surface area contributed by atoms with Gasteiger partial charge in [0.05, 0.1) is 25.6 Å². The highest BCUT2D eigenvalue weighted by Gasteiger charge is 2.11. The lowest BCUT2D eigenvalue weighted by atomic mass is 10.3. The van der Waals surface area contributed by atoms with E-state index in [1.165, 1.54) is 18.9 Å². The van der Waals surface area contributed by atoms with E-state index in [2.05, 4.69) is 20.3 Å². The van der Waals surface area contributed by atoms with E-state index in [9.17, 15) is 4.79 Å². The fourth-order valence-electron chi connectivity index (χ4n) is 2.19. The predicted molar refractivity (Wildman–Crippen MR) is 102 cm³/mol. The molecule has 1 N–H and O–H groups in total. The highest BCUT2D eigenvalue weighted by Crippen LogP contribution is 2.28. The van der Waals surface area contributed by atoms with Gasteiger partial charge in [-0.15, -0.1) is 0 Å². The first-order chi connectivity index (χ1) is 13.0. The number of amides is 1. The van der Waals surface area contributed by atoms with Crippen LogP contribution < -0.4 is 14.8 Å². The molecule has 2 rings (SSSR count). The summed E-state index contributed by atoms with van der Waals surface area (Å²) in [5.74, 6) is 1.27. The van der Waals surface area contributed by atoms with Crippen molar-refractivity contribution in [1.29, 1.82) is 0 Å². The molecule has 0 spiro atoms. The van der Waals surface area contributed by atoms with Crippen molar-refractivity contribution < 1.29 is 19.0 Å². The predicted octanol–water partition coefficient (Wildman–Crippen LogP) is 1.93. The minimum atomic E-state index is -0.231. The van der Waals surface area contributed by atoms with Crippen molar-refractivity contribution in [1.82, 2.24) is 20.3 Å². The molecule has 2 aromatic rings. The molecule has 2 aromatic heterocycles. The molecule has 146 valence electrons. The maximum absolute atomic E-state index is 11.8. The summed E-state index contributed by atoms with van der Waals surface area (Å²) in [7, 11) is 3.10. The minimum Gasteiger partial charge on any atom is -0.491 e. The maximum atomic E-state index is 11.8. The van der Waals surface area contributed by atoms with Gasteiger partial charge in [0.25, 0.3) is 5.91 Å². The monoisotopic (exact) mass is 392 g/mol. The van der Waals surface area contributed by atoms with E-state index in [0.717, 1.165) is 17.1 Å². The number of pyridine rings is 1. The van der Waals surface area contributed by atoms with Crippen LogP contribution >= 0.6 is 11.8 Å². The number of aryl methyl sites for hydroxylation is 2. The van der Waals surface area contributed by atoms with Crippen molar-refractivity contribution in [2.45, 2.75) is 24.8 Å². The Morgan fingerprint density at radius 3 is 2.56 bits per heavy atom. The largest absolute Gasteiger partial charge is 0.491 e. The highest BCUT2D eigenvalue weighted by molar-refractivity contribution is 7.98. The molecular weight excluding hydrogens is 368 g/mol. The van der Waals surface area contributed by atoms with Crippen LogP contribution in [0.2, 0.25) is 0 Å². The van der Waals surface area contributed by atoms with Gasteiger partial charge < -0.3 is 19.5 Å². The molecule has 0 radical (unpaired) electrons. The van der Waals surface area contributed by atoms with Crippen molar-refractivity contribution in [3.63, 3.8) is 0 Å². The van der Waals surface area contributed by atoms with E-state index in [0.29, 0.717) is 35.6 Å². The molecule has 27 heavy (non-hydrogen) atoms. The Hall–Kier alpha value is -2.39. The molecule has 1 amide bonds. The summed E-state index contributed by atoms with van der Waals surface area (Å²) >= 11 is 1.49. The maximum Gasteiger partial charge on any atom is 0.258 e. The van der Waals surface area contributed by atoms with Crippen LogP contribution in [0.1, 0.15) is 17.1 Å². The van der Waals surface area contributed by atoms with Gasteiger partial charge in [0.15, 0.2) is 23.3 Å². The third-order valence-electron chi connectivity index (χ3n) is 3.41. The second-order valence-electron chi connectivity index (χ2n) is 5.68. The van der Waals surface area contributed by atoms with Gasteiger partial charge in [-0.1, -0.05) is 11.8 Å². The molecule has 0 aliphatic rings. The van der Waals surface area contributed by atoms with Gasteiger partial charge in [0, 0.05) is 36.9 Å². The van der Waals surface area contributed by atoms with E-state index >= 15 is 0 Å². The molecular formula is C18H24N4O4S. The molecule has 9 heteroatoms. The smallest absolute Gasteiger partial charge is 0.258 e. The van der Waals surface area contributed by atoms with E-state index < -0.39 is 0 Å². The number of aromatic nitrogens is 3. The van der Waals surface area contributed by atoms with Gasteiger partial charge in [0.1, 0.15) is 0 Å². The lowest BCUT2D eigenvalue weighted by molar-refractivity contribution is -0.123. The van der Waals surface area contributed by atoms with E-state index in [1.807, 2.05) is 19.9 Å². The van der Waals surface area contributed by atoms with Gasteiger partial charge >= 0.3 is 0 Å². The first-order valence-electron chi connectivity index (χ1n) is 8.38. The quantitative estimate of drug-likeness (QED) is 0.372. The number of hydrogen-bond acceptors (Lipinski definition) is 8. The molecule has 0 aromatic carbocycles. The van der Waals surface area contributed by atoms with Crippen molar-refractivity contribution in [2.24, 2.45) is 0 Å². The normalized spacial score (nSPS) is 10.5. The number of carbonyl (C=O) groups excluding carboxylic acids is 1. The number of nitrogens with one attached hydrogen (secondary N) is 1. The highest BCUT2D eigenvalue weighted by atomic mass is 32.2. The first kappa shape index (κ1) is 20.9. The SMILES string of the molecule is COCCNC(=O)COc1cc(CSc2nc(C)cc(C)n2)ncc1OC. The van der Waals surface area contributed by atoms with Crippen LogP contribution in [0.3, 0.4) is 0 Å². The van der Waals surface area contributed by atoms with Gasteiger partial charge in [-0.2, -0.15) is 0 Å². The topological polar surface area (TPSA) is 95.5 Å². The average Bonchev–Trinajstić information content (AvgIpc) is 2.64. The third-order valence-corrected chi connectivity index (χ3v) is 4.29. The van der Waals surface area contributed by atoms with Crippen molar-refractivity contribution in [3.05, 3.63) is 35.4 Å². The zero-order valence-electron chi connectivity index (χ0n) is 15.9. The molecule has 0 aliphatic heterocycles. The number of carbonyl (C=O) groups is 1. The second kappa shape index (κ2) is 10.7. The summed E-state index contributed by atoms with van der Waals surface area (Å²) in [6.45, 7) is 4.65. The van der Waals surface area contributed by atoms with Crippen LogP contribution in [0.4, 0.5) is 0 Å². The molecule has 2 heterocycles. The molecule has 0 atom stereocenters. The van der Waals surface area contributed by atoms with Gasteiger partial charge in [-0.3, -0.25) is 9.78 Å². The van der Waals surface area contributed by atoms with Gasteiger partial charge in [-0.25, -0.2) is 9.97 Å². The molecule has 0 aliphatic carbocycles. The summed E-state index contributed by atoms with van der Waals surface area (Å²) in [5.41, 5.74) is 2.63. The third kappa shape index (κ3) is 7.03. The number of rotatable bonds is 10. The Labute approximate surface area is 163 Å². The fraction of sp³-hybridized carbons (Fsp3) is 0.444. The zero-order chi connectivity index (χ0) is 19.6. The van der Waals surface area contributed by atoms with Crippen LogP contribution in [0, 0.1) is 13.8 Å². The number of methoxy groups -OCH3 is 2. The van der Waals surface area contributed by atoms with Crippen LogP contribution in [0.5, 0.6) is 11.5 Å².